The van der Waals surface area contributed by atoms with Gasteiger partial charge in [-0.2, -0.15) is 0 Å². The Kier molecular flexibility index (Phi) is 5.13. The SMILES string of the molecule is Cn1cc2nc1-c1[c-]c(ccc1)C(C)(C)c1cn(C)c(n1)-c1cccc(c1)C2(C)C.[Pt]. The smallest absolute Gasteiger partial charge is 0.140 e. The summed E-state index contributed by atoms with van der Waals surface area (Å²) in [4.78, 5) is 10.2. The number of nitrogens with zero attached hydrogens (tertiary/aromatic N) is 4. The molecule has 3 heterocycles. The zero-order valence-electron chi connectivity index (χ0n) is 18.8. The van der Waals surface area contributed by atoms with E-state index >= 15 is 0 Å². The summed E-state index contributed by atoms with van der Waals surface area (Å²) in [6.07, 6.45) is 4.29. The molecular weight excluding hydrogens is 563 g/mol. The standard InChI is InChI=1S/C26H27N4.Pt/c1-25(2)19-11-7-9-17(13-19)24-28-22(16-30(24)6)26(3,4)20-12-8-10-18(14-20)23-27-21(25)15-29(23)5;/h7-13,15-16H,1-6H3;/q-1;. The molecule has 4 aromatic rings. The minimum absolute atomic E-state index is 0. The van der Waals surface area contributed by atoms with Gasteiger partial charge in [-0.25, -0.2) is 4.98 Å². The third-order valence-corrected chi connectivity index (χ3v) is 6.59. The van der Waals surface area contributed by atoms with Gasteiger partial charge in [0.25, 0.3) is 0 Å². The maximum atomic E-state index is 5.08. The predicted molar refractivity (Wildman–Crippen MR) is 120 cm³/mol. The van der Waals surface area contributed by atoms with E-state index in [4.69, 9.17) is 9.97 Å². The van der Waals surface area contributed by atoms with E-state index in [0.29, 0.717) is 0 Å². The van der Waals surface area contributed by atoms with Crippen molar-refractivity contribution in [3.05, 3.63) is 83.4 Å². The molecule has 162 valence electrons. The molecule has 1 aliphatic heterocycles. The maximum Gasteiger partial charge on any atom is 0.140 e. The van der Waals surface area contributed by atoms with Gasteiger partial charge in [0.15, 0.2) is 0 Å². The van der Waals surface area contributed by atoms with Crippen LogP contribution in [-0.4, -0.2) is 19.1 Å². The van der Waals surface area contributed by atoms with Gasteiger partial charge in [-0.05, 0) is 11.6 Å². The zero-order chi connectivity index (χ0) is 21.3. The molecule has 2 aromatic carbocycles. The Morgan fingerprint density at radius 3 is 2.13 bits per heavy atom. The average Bonchev–Trinajstić information content (AvgIpc) is 3.31. The summed E-state index contributed by atoms with van der Waals surface area (Å²) < 4.78 is 4.24. The molecule has 5 rings (SSSR count). The van der Waals surface area contributed by atoms with E-state index in [1.807, 2.05) is 0 Å². The molecular formula is C26H27N4Pt-. The van der Waals surface area contributed by atoms with Crippen LogP contribution in [0.1, 0.15) is 50.2 Å². The fourth-order valence-corrected chi connectivity index (χ4v) is 4.35. The topological polar surface area (TPSA) is 35.6 Å². The number of aromatic nitrogens is 4. The molecule has 31 heavy (non-hydrogen) atoms. The van der Waals surface area contributed by atoms with Crippen LogP contribution in [0, 0.1) is 6.07 Å². The normalized spacial score (nSPS) is 15.7. The Morgan fingerprint density at radius 1 is 0.774 bits per heavy atom. The minimum Gasteiger partial charge on any atom is -0.373 e. The van der Waals surface area contributed by atoms with Crippen LogP contribution in [0.3, 0.4) is 0 Å². The van der Waals surface area contributed by atoms with Crippen LogP contribution in [0.2, 0.25) is 0 Å². The molecule has 1 aliphatic rings. The number of hydrogen-bond acceptors (Lipinski definition) is 2. The van der Waals surface area contributed by atoms with Crippen molar-refractivity contribution < 1.29 is 21.1 Å². The third kappa shape index (κ3) is 3.32. The summed E-state index contributed by atoms with van der Waals surface area (Å²) in [6.45, 7) is 8.89. The van der Waals surface area contributed by atoms with Crippen LogP contribution in [-0.2, 0) is 46.0 Å². The van der Waals surface area contributed by atoms with Crippen molar-refractivity contribution in [1.29, 1.82) is 0 Å². The van der Waals surface area contributed by atoms with Gasteiger partial charge in [0.1, 0.15) is 5.82 Å². The van der Waals surface area contributed by atoms with Gasteiger partial charge in [-0.3, -0.25) is 4.98 Å². The molecule has 0 atom stereocenters. The summed E-state index contributed by atoms with van der Waals surface area (Å²) in [7, 11) is 4.13. The number of aryl methyl sites for hydroxylation is 2. The second-order valence-corrected chi connectivity index (χ2v) is 9.43. The zero-order valence-corrected chi connectivity index (χ0v) is 21.1. The van der Waals surface area contributed by atoms with E-state index in [0.717, 1.165) is 39.7 Å². The number of hydrogen-bond donors (Lipinski definition) is 0. The van der Waals surface area contributed by atoms with Gasteiger partial charge in [-0.15, -0.1) is 35.4 Å². The van der Waals surface area contributed by atoms with Crippen molar-refractivity contribution in [2.24, 2.45) is 14.1 Å². The van der Waals surface area contributed by atoms with Crippen molar-refractivity contribution in [2.45, 2.75) is 38.5 Å². The van der Waals surface area contributed by atoms with Gasteiger partial charge in [0.2, 0.25) is 0 Å². The van der Waals surface area contributed by atoms with E-state index in [-0.39, 0.29) is 31.9 Å². The largest absolute Gasteiger partial charge is 0.373 e. The van der Waals surface area contributed by atoms with E-state index in [9.17, 15) is 0 Å². The number of rotatable bonds is 0. The molecule has 4 nitrogen and oxygen atoms in total. The number of benzene rings is 2. The first-order valence-corrected chi connectivity index (χ1v) is 10.4. The Hall–Kier alpha value is -2.45. The van der Waals surface area contributed by atoms with Gasteiger partial charge < -0.3 is 9.13 Å². The van der Waals surface area contributed by atoms with Crippen molar-refractivity contribution in [3.63, 3.8) is 0 Å². The summed E-state index contributed by atoms with van der Waals surface area (Å²) in [6, 6.07) is 18.7. The number of fused-ring (bicyclic) bond motifs is 10. The van der Waals surface area contributed by atoms with E-state index in [1.165, 1.54) is 5.56 Å². The first-order valence-electron chi connectivity index (χ1n) is 10.4. The maximum absolute atomic E-state index is 5.08. The Labute approximate surface area is 198 Å². The van der Waals surface area contributed by atoms with Crippen molar-refractivity contribution >= 4 is 0 Å². The van der Waals surface area contributed by atoms with Crippen LogP contribution in [0.25, 0.3) is 22.8 Å². The van der Waals surface area contributed by atoms with Gasteiger partial charge in [-0.1, -0.05) is 45.9 Å². The Bertz CT molecular complexity index is 1180. The minimum atomic E-state index is -0.277. The van der Waals surface area contributed by atoms with Crippen molar-refractivity contribution in [1.82, 2.24) is 19.1 Å². The number of imidazole rings is 2. The first kappa shape index (κ1) is 21.8. The predicted octanol–water partition coefficient (Wildman–Crippen LogP) is 5.25. The summed E-state index contributed by atoms with van der Waals surface area (Å²) in [5, 5.41) is 0. The molecule has 0 aliphatic carbocycles. The fourth-order valence-electron chi connectivity index (χ4n) is 4.35. The van der Waals surface area contributed by atoms with Crippen LogP contribution < -0.4 is 0 Å². The van der Waals surface area contributed by atoms with Crippen LogP contribution in [0.4, 0.5) is 0 Å². The summed E-state index contributed by atoms with van der Waals surface area (Å²) >= 11 is 0. The van der Waals surface area contributed by atoms with Crippen LogP contribution in [0.5, 0.6) is 0 Å². The molecule has 0 spiro atoms. The quantitative estimate of drug-likeness (QED) is 0.263. The second kappa shape index (κ2) is 7.31. The molecule has 0 N–H and O–H groups in total. The molecule has 0 unspecified atom stereocenters. The Morgan fingerprint density at radius 2 is 1.39 bits per heavy atom. The summed E-state index contributed by atoms with van der Waals surface area (Å²) in [5.74, 6) is 1.91. The molecule has 0 radical (unpaired) electrons. The van der Waals surface area contributed by atoms with Crippen LogP contribution in [0.15, 0.2) is 54.9 Å². The van der Waals surface area contributed by atoms with Gasteiger partial charge in [0.05, 0.1) is 17.2 Å². The molecule has 0 amide bonds. The van der Waals surface area contributed by atoms with E-state index in [2.05, 4.69) is 112 Å². The first-order chi connectivity index (χ1) is 14.2. The molecule has 0 fully saturated rings. The van der Waals surface area contributed by atoms with Crippen molar-refractivity contribution in [2.75, 3.05) is 0 Å². The van der Waals surface area contributed by atoms with E-state index in [1.54, 1.807) is 0 Å². The molecule has 0 saturated heterocycles. The third-order valence-electron chi connectivity index (χ3n) is 6.59. The average molecular weight is 591 g/mol. The van der Waals surface area contributed by atoms with Gasteiger partial charge >= 0.3 is 0 Å². The fraction of sp³-hybridized carbons (Fsp3) is 0.308. The van der Waals surface area contributed by atoms with Crippen molar-refractivity contribution in [3.8, 4) is 22.8 Å². The second-order valence-electron chi connectivity index (χ2n) is 9.43. The summed E-state index contributed by atoms with van der Waals surface area (Å²) in [5.41, 5.74) is 6.04. The van der Waals surface area contributed by atoms with Gasteiger partial charge in [0, 0.05) is 63.9 Å². The molecule has 2 aromatic heterocycles. The molecule has 5 heteroatoms. The molecule has 8 bridgehead atoms. The van der Waals surface area contributed by atoms with E-state index < -0.39 is 0 Å². The van der Waals surface area contributed by atoms with Crippen LogP contribution >= 0.6 is 0 Å². The Balaban J connectivity index is 0.00000231. The molecule has 0 saturated carbocycles. The monoisotopic (exact) mass is 590 g/mol.